The molecule has 1 aliphatic rings. The van der Waals surface area contributed by atoms with Gasteiger partial charge in [-0.3, -0.25) is 24.2 Å². The van der Waals surface area contributed by atoms with Gasteiger partial charge in [0.25, 0.3) is 0 Å². The Hall–Kier alpha value is -4.66. The van der Waals surface area contributed by atoms with Gasteiger partial charge in [0.15, 0.2) is 5.96 Å². The van der Waals surface area contributed by atoms with Gasteiger partial charge in [0, 0.05) is 36.6 Å². The van der Waals surface area contributed by atoms with E-state index in [1.165, 1.54) is 4.90 Å². The quantitative estimate of drug-likeness (QED) is 0.0746. The van der Waals surface area contributed by atoms with E-state index in [9.17, 15) is 29.1 Å². The van der Waals surface area contributed by atoms with Crippen molar-refractivity contribution in [3.05, 3.63) is 36.0 Å². The lowest BCUT2D eigenvalue weighted by atomic mass is 10.0. The predicted molar refractivity (Wildman–Crippen MR) is 148 cm³/mol. The molecule has 0 bridgehead atoms. The van der Waals surface area contributed by atoms with E-state index in [1.54, 1.807) is 6.20 Å². The molecule has 222 valence electrons. The van der Waals surface area contributed by atoms with E-state index in [0.717, 1.165) is 10.9 Å². The van der Waals surface area contributed by atoms with Crippen molar-refractivity contribution in [2.45, 2.75) is 62.7 Å². The summed E-state index contributed by atoms with van der Waals surface area (Å²) in [5, 5.41) is 24.7. The Bertz CT molecular complexity index is 1310. The van der Waals surface area contributed by atoms with Crippen LogP contribution in [-0.2, 0) is 30.4 Å². The number of benzene rings is 1. The summed E-state index contributed by atoms with van der Waals surface area (Å²) in [5.74, 6) is -4.66. The van der Waals surface area contributed by atoms with Crippen molar-refractivity contribution in [3.63, 3.8) is 0 Å². The highest BCUT2D eigenvalue weighted by Crippen LogP contribution is 2.21. The summed E-state index contributed by atoms with van der Waals surface area (Å²) >= 11 is 0. The van der Waals surface area contributed by atoms with E-state index in [2.05, 4.69) is 20.6 Å². The number of nitrogens with zero attached hydrogens (tertiary/aromatic N) is 2. The van der Waals surface area contributed by atoms with Gasteiger partial charge in [-0.2, -0.15) is 0 Å². The minimum atomic E-state index is -1.32. The topological polar surface area (TPSA) is 259 Å². The second kappa shape index (κ2) is 14.1. The number of aliphatic imine (C=N–C) groups is 1. The van der Waals surface area contributed by atoms with Gasteiger partial charge in [-0.1, -0.05) is 18.2 Å². The van der Waals surface area contributed by atoms with Crippen molar-refractivity contribution >= 4 is 46.5 Å². The van der Waals surface area contributed by atoms with Crippen molar-refractivity contribution in [3.8, 4) is 0 Å². The number of nitrogens with one attached hydrogen (secondary N) is 3. The van der Waals surface area contributed by atoms with Gasteiger partial charge in [-0.25, -0.2) is 4.79 Å². The van der Waals surface area contributed by atoms with Gasteiger partial charge in [-0.15, -0.1) is 0 Å². The minimum Gasteiger partial charge on any atom is -0.481 e. The highest BCUT2D eigenvalue weighted by molar-refractivity contribution is 5.95. The fourth-order valence-electron chi connectivity index (χ4n) is 4.82. The van der Waals surface area contributed by atoms with Crippen molar-refractivity contribution in [2.24, 2.45) is 22.2 Å². The number of carbonyl (C=O) groups is 5. The molecule has 2 aromatic rings. The Kier molecular flexibility index (Phi) is 10.6. The highest BCUT2D eigenvalue weighted by Gasteiger charge is 2.38. The number of carbonyl (C=O) groups excluding carboxylic acids is 3. The smallest absolute Gasteiger partial charge is 0.326 e. The number of rotatable bonds is 14. The van der Waals surface area contributed by atoms with Crippen LogP contribution in [0, 0.1) is 0 Å². The molecule has 4 unspecified atom stereocenters. The van der Waals surface area contributed by atoms with Crippen LogP contribution in [0.25, 0.3) is 10.9 Å². The number of hydrogen-bond donors (Lipinski definition) is 8. The molecule has 41 heavy (non-hydrogen) atoms. The number of H-pyrrole nitrogens is 1. The largest absolute Gasteiger partial charge is 0.481 e. The van der Waals surface area contributed by atoms with Gasteiger partial charge in [0.05, 0.1) is 12.5 Å². The van der Waals surface area contributed by atoms with E-state index >= 15 is 0 Å². The standard InChI is InChI=1S/C26H36N8O7/c27-16(12-21(35)36)24(39)34-10-4-8-20(34)23(38)33-19(11-14-13-31-17-6-2-1-5-15(14)17)22(37)32-18(25(40)41)7-3-9-30-26(28)29/h1-2,5-6,13,16,18-20,31H,3-4,7-12,27H2,(H,32,37)(H,33,38)(H,35,36)(H,40,41)(H4,28,29,30). The molecule has 11 N–H and O–H groups in total. The Balaban J connectivity index is 1.80. The number of aromatic nitrogens is 1. The molecule has 0 spiro atoms. The average Bonchev–Trinajstić information content (AvgIpc) is 3.56. The van der Waals surface area contributed by atoms with E-state index in [0.29, 0.717) is 18.4 Å². The van der Waals surface area contributed by atoms with Crippen LogP contribution in [-0.4, -0.2) is 93.0 Å². The number of aliphatic carboxylic acids is 2. The predicted octanol–water partition coefficient (Wildman–Crippen LogP) is -1.39. The number of aromatic amines is 1. The number of hydrogen-bond acceptors (Lipinski definition) is 7. The van der Waals surface area contributed by atoms with Gasteiger partial charge in [0.2, 0.25) is 17.7 Å². The molecule has 15 nitrogen and oxygen atoms in total. The highest BCUT2D eigenvalue weighted by atomic mass is 16.4. The lowest BCUT2D eigenvalue weighted by molar-refractivity contribution is -0.144. The van der Waals surface area contributed by atoms with E-state index in [1.807, 2.05) is 24.3 Å². The van der Waals surface area contributed by atoms with Gasteiger partial charge < -0.3 is 47.9 Å². The zero-order chi connectivity index (χ0) is 30.1. The van der Waals surface area contributed by atoms with Crippen LogP contribution in [0.3, 0.4) is 0 Å². The molecular weight excluding hydrogens is 536 g/mol. The lowest BCUT2D eigenvalue weighted by Crippen LogP contribution is -2.57. The maximum absolute atomic E-state index is 13.4. The van der Waals surface area contributed by atoms with Crippen LogP contribution in [0.1, 0.15) is 37.7 Å². The van der Waals surface area contributed by atoms with Crippen LogP contribution in [0.15, 0.2) is 35.5 Å². The third kappa shape index (κ3) is 8.41. The molecule has 0 aliphatic carbocycles. The summed E-state index contributed by atoms with van der Waals surface area (Å²) in [6.07, 6.45) is 2.25. The van der Waals surface area contributed by atoms with Crippen LogP contribution < -0.4 is 27.8 Å². The second-order valence-corrected chi connectivity index (χ2v) is 9.87. The normalized spacial score (nSPS) is 16.9. The van der Waals surface area contributed by atoms with Crippen LogP contribution in [0.2, 0.25) is 0 Å². The fourth-order valence-corrected chi connectivity index (χ4v) is 4.82. The number of carboxylic acid groups (broad SMARTS) is 2. The second-order valence-electron chi connectivity index (χ2n) is 9.87. The maximum Gasteiger partial charge on any atom is 0.326 e. The molecule has 1 aromatic heterocycles. The molecule has 0 radical (unpaired) electrons. The summed E-state index contributed by atoms with van der Waals surface area (Å²) in [6.45, 7) is 0.382. The van der Waals surface area contributed by atoms with Crippen molar-refractivity contribution in [2.75, 3.05) is 13.1 Å². The first-order valence-corrected chi connectivity index (χ1v) is 13.2. The third-order valence-corrected chi connectivity index (χ3v) is 6.84. The van der Waals surface area contributed by atoms with Crippen LogP contribution >= 0.6 is 0 Å². The first-order valence-electron chi connectivity index (χ1n) is 13.2. The summed E-state index contributed by atoms with van der Waals surface area (Å²) < 4.78 is 0. The van der Waals surface area contributed by atoms with E-state index in [-0.39, 0.29) is 38.3 Å². The van der Waals surface area contributed by atoms with Gasteiger partial charge in [0.1, 0.15) is 18.1 Å². The zero-order valence-corrected chi connectivity index (χ0v) is 22.4. The molecule has 3 amide bonds. The first-order chi connectivity index (χ1) is 19.5. The number of likely N-dealkylation sites (tertiary alicyclic amines) is 1. The molecule has 3 rings (SSSR count). The van der Waals surface area contributed by atoms with E-state index in [4.69, 9.17) is 22.3 Å². The SMILES string of the molecule is NC(N)=NCCCC(NC(=O)C(Cc1c[nH]c2ccccc12)NC(=O)C1CCCN1C(=O)C(N)CC(=O)O)C(=O)O. The monoisotopic (exact) mass is 572 g/mol. The van der Waals surface area contributed by atoms with Crippen molar-refractivity contribution in [1.29, 1.82) is 0 Å². The molecule has 15 heteroatoms. The fraction of sp³-hybridized carbons (Fsp3) is 0.462. The average molecular weight is 573 g/mol. The van der Waals surface area contributed by atoms with Crippen LogP contribution in [0.5, 0.6) is 0 Å². The van der Waals surface area contributed by atoms with Crippen molar-refractivity contribution < 1.29 is 34.2 Å². The summed E-state index contributed by atoms with van der Waals surface area (Å²) in [7, 11) is 0. The number of carboxylic acids is 2. The number of guanidine groups is 1. The maximum atomic E-state index is 13.4. The summed E-state index contributed by atoms with van der Waals surface area (Å²) in [6, 6.07) is 2.64. The number of fused-ring (bicyclic) bond motifs is 1. The molecule has 1 fully saturated rings. The Morgan fingerprint density at radius 1 is 1.10 bits per heavy atom. The summed E-state index contributed by atoms with van der Waals surface area (Å²) in [4.78, 5) is 70.7. The molecular formula is C26H36N8O7. The minimum absolute atomic E-state index is 0.0289. The Morgan fingerprint density at radius 2 is 1.83 bits per heavy atom. The molecule has 1 aromatic carbocycles. The molecule has 2 heterocycles. The number of para-hydroxylation sites is 1. The third-order valence-electron chi connectivity index (χ3n) is 6.84. The molecule has 1 saturated heterocycles. The van der Waals surface area contributed by atoms with E-state index < -0.39 is 60.2 Å². The summed E-state index contributed by atoms with van der Waals surface area (Å²) in [5.41, 5.74) is 17.9. The zero-order valence-electron chi connectivity index (χ0n) is 22.4. The van der Waals surface area contributed by atoms with Crippen LogP contribution in [0.4, 0.5) is 0 Å². The molecule has 4 atom stereocenters. The first kappa shape index (κ1) is 30.9. The Morgan fingerprint density at radius 3 is 2.51 bits per heavy atom. The molecule has 0 saturated carbocycles. The molecule has 1 aliphatic heterocycles. The lowest BCUT2D eigenvalue weighted by Gasteiger charge is -2.28. The number of amides is 3. The van der Waals surface area contributed by atoms with Crippen molar-refractivity contribution in [1.82, 2.24) is 20.5 Å². The number of nitrogens with two attached hydrogens (primary N) is 3. The Labute approximate surface area is 235 Å². The van der Waals surface area contributed by atoms with Gasteiger partial charge >= 0.3 is 11.9 Å². The van der Waals surface area contributed by atoms with Gasteiger partial charge in [-0.05, 0) is 37.3 Å².